The van der Waals surface area contributed by atoms with Crippen molar-refractivity contribution in [2.45, 2.75) is 53.4 Å². The summed E-state index contributed by atoms with van der Waals surface area (Å²) in [7, 11) is 0. The maximum absolute atomic E-state index is 2.36. The van der Waals surface area contributed by atoms with Gasteiger partial charge in [0.05, 0.1) is 0 Å². The summed E-state index contributed by atoms with van der Waals surface area (Å²) in [4.78, 5) is 0. The van der Waals surface area contributed by atoms with Crippen molar-refractivity contribution < 1.29 is 0 Å². The van der Waals surface area contributed by atoms with Crippen LogP contribution in [-0.2, 0) is 0 Å². The Kier molecular flexibility index (Phi) is 5.27. The van der Waals surface area contributed by atoms with Gasteiger partial charge in [0.1, 0.15) is 0 Å². The van der Waals surface area contributed by atoms with E-state index < -0.39 is 0 Å². The molecule has 0 nitrogen and oxygen atoms in total. The molecule has 0 aromatic rings. The average molecular weight is 154 g/mol. The van der Waals surface area contributed by atoms with Crippen LogP contribution in [0.25, 0.3) is 0 Å². The van der Waals surface area contributed by atoms with Crippen molar-refractivity contribution in [3.63, 3.8) is 0 Å². The van der Waals surface area contributed by atoms with Crippen LogP contribution in [-0.4, -0.2) is 0 Å². The molecule has 0 N–H and O–H groups in total. The SMILES string of the molecule is C/C=C\C.CC1(C)CCCC1. The lowest BCUT2D eigenvalue weighted by Crippen LogP contribution is -2.01. The van der Waals surface area contributed by atoms with E-state index in [9.17, 15) is 0 Å². The molecule has 1 rings (SSSR count). The van der Waals surface area contributed by atoms with E-state index in [1.54, 1.807) is 0 Å². The summed E-state index contributed by atoms with van der Waals surface area (Å²) in [5.74, 6) is 0. The maximum atomic E-state index is 2.36. The highest BCUT2D eigenvalue weighted by atomic mass is 14.3. The van der Waals surface area contributed by atoms with E-state index >= 15 is 0 Å². The summed E-state index contributed by atoms with van der Waals surface area (Å²) in [6, 6.07) is 0. The van der Waals surface area contributed by atoms with Crippen LogP contribution in [0.3, 0.4) is 0 Å². The number of hydrogen-bond donors (Lipinski definition) is 0. The maximum Gasteiger partial charge on any atom is -0.0354 e. The van der Waals surface area contributed by atoms with Gasteiger partial charge in [-0.3, -0.25) is 0 Å². The first-order valence-electron chi connectivity index (χ1n) is 4.70. The second-order valence-corrected chi connectivity index (χ2v) is 4.04. The van der Waals surface area contributed by atoms with Gasteiger partial charge in [0, 0.05) is 0 Å². The lowest BCUT2D eigenvalue weighted by molar-refractivity contribution is 0.382. The Balaban J connectivity index is 0.000000218. The first-order chi connectivity index (χ1) is 5.12. The molecule has 0 bridgehead atoms. The molecule has 11 heavy (non-hydrogen) atoms. The molecule has 0 aliphatic heterocycles. The van der Waals surface area contributed by atoms with E-state index in [1.807, 2.05) is 26.0 Å². The highest BCUT2D eigenvalue weighted by molar-refractivity contribution is 4.74. The molecule has 0 saturated heterocycles. The topological polar surface area (TPSA) is 0 Å². The van der Waals surface area contributed by atoms with Gasteiger partial charge < -0.3 is 0 Å². The third-order valence-corrected chi connectivity index (χ3v) is 2.29. The smallest absolute Gasteiger partial charge is 0.0354 e. The van der Waals surface area contributed by atoms with Crippen LogP contribution >= 0.6 is 0 Å². The Morgan fingerprint density at radius 1 is 0.909 bits per heavy atom. The lowest BCUT2D eigenvalue weighted by atomic mass is 9.92. The van der Waals surface area contributed by atoms with E-state index in [-0.39, 0.29) is 0 Å². The van der Waals surface area contributed by atoms with Crippen molar-refractivity contribution in [1.82, 2.24) is 0 Å². The zero-order valence-electron chi connectivity index (χ0n) is 8.48. The van der Waals surface area contributed by atoms with Crippen molar-refractivity contribution in [3.8, 4) is 0 Å². The predicted molar refractivity (Wildman–Crippen MR) is 52.7 cm³/mol. The molecule has 0 aromatic carbocycles. The van der Waals surface area contributed by atoms with E-state index in [1.165, 1.54) is 25.7 Å². The zero-order chi connectivity index (χ0) is 8.74. The summed E-state index contributed by atoms with van der Waals surface area (Å²) >= 11 is 0. The number of allylic oxidation sites excluding steroid dienone is 2. The van der Waals surface area contributed by atoms with Gasteiger partial charge in [0.2, 0.25) is 0 Å². The van der Waals surface area contributed by atoms with Gasteiger partial charge in [0.15, 0.2) is 0 Å². The molecule has 1 saturated carbocycles. The van der Waals surface area contributed by atoms with Gasteiger partial charge in [-0.05, 0) is 32.1 Å². The third kappa shape index (κ3) is 6.15. The molecule has 0 atom stereocenters. The molecule has 0 unspecified atom stereocenters. The van der Waals surface area contributed by atoms with Crippen LogP contribution in [0.5, 0.6) is 0 Å². The summed E-state index contributed by atoms with van der Waals surface area (Å²) in [5, 5.41) is 0. The van der Waals surface area contributed by atoms with Crippen molar-refractivity contribution in [2.24, 2.45) is 5.41 Å². The van der Waals surface area contributed by atoms with E-state index in [0.29, 0.717) is 5.41 Å². The van der Waals surface area contributed by atoms with E-state index in [4.69, 9.17) is 0 Å². The quantitative estimate of drug-likeness (QED) is 0.459. The fourth-order valence-corrected chi connectivity index (χ4v) is 1.33. The number of rotatable bonds is 0. The monoisotopic (exact) mass is 154 g/mol. The Labute approximate surface area is 71.7 Å². The molecule has 0 amide bonds. The average Bonchev–Trinajstić information content (AvgIpc) is 2.35. The summed E-state index contributed by atoms with van der Waals surface area (Å²) < 4.78 is 0. The molecule has 0 aromatic heterocycles. The largest absolute Gasteiger partial charge is 0.0919 e. The molecule has 66 valence electrons. The van der Waals surface area contributed by atoms with Crippen LogP contribution in [0.15, 0.2) is 12.2 Å². The summed E-state index contributed by atoms with van der Waals surface area (Å²) in [6.45, 7) is 8.72. The molecule has 0 heteroatoms. The molecular formula is C11H22. The fourth-order valence-electron chi connectivity index (χ4n) is 1.33. The molecule has 0 spiro atoms. The predicted octanol–water partition coefficient (Wildman–Crippen LogP) is 4.17. The van der Waals surface area contributed by atoms with Crippen LogP contribution in [0.2, 0.25) is 0 Å². The van der Waals surface area contributed by atoms with Gasteiger partial charge >= 0.3 is 0 Å². The van der Waals surface area contributed by atoms with Crippen LogP contribution < -0.4 is 0 Å². The minimum absolute atomic E-state index is 0.694. The van der Waals surface area contributed by atoms with E-state index in [0.717, 1.165) is 0 Å². The normalized spacial score (nSPS) is 21.5. The lowest BCUT2D eigenvalue weighted by Gasteiger charge is -2.13. The minimum Gasteiger partial charge on any atom is -0.0919 e. The summed E-state index contributed by atoms with van der Waals surface area (Å²) in [6.07, 6.45) is 9.83. The van der Waals surface area contributed by atoms with Gasteiger partial charge in [0.25, 0.3) is 0 Å². The highest BCUT2D eigenvalue weighted by Gasteiger charge is 2.21. The Bertz CT molecular complexity index is 97.2. The van der Waals surface area contributed by atoms with Crippen LogP contribution in [0.1, 0.15) is 53.4 Å². The second kappa shape index (κ2) is 5.40. The van der Waals surface area contributed by atoms with Crippen molar-refractivity contribution in [2.75, 3.05) is 0 Å². The molecule has 0 radical (unpaired) electrons. The van der Waals surface area contributed by atoms with Crippen LogP contribution in [0, 0.1) is 5.41 Å². The van der Waals surface area contributed by atoms with Gasteiger partial charge in [-0.2, -0.15) is 0 Å². The van der Waals surface area contributed by atoms with Crippen molar-refractivity contribution >= 4 is 0 Å². The summed E-state index contributed by atoms with van der Waals surface area (Å²) in [5.41, 5.74) is 0.694. The van der Waals surface area contributed by atoms with Gasteiger partial charge in [-0.1, -0.05) is 38.8 Å². The molecule has 1 fully saturated rings. The minimum atomic E-state index is 0.694. The highest BCUT2D eigenvalue weighted by Crippen LogP contribution is 2.36. The van der Waals surface area contributed by atoms with Crippen molar-refractivity contribution in [3.05, 3.63) is 12.2 Å². The number of hydrogen-bond acceptors (Lipinski definition) is 0. The molecular weight excluding hydrogens is 132 g/mol. The second-order valence-electron chi connectivity index (χ2n) is 4.04. The first kappa shape index (κ1) is 10.7. The van der Waals surface area contributed by atoms with Gasteiger partial charge in [-0.15, -0.1) is 0 Å². The van der Waals surface area contributed by atoms with Gasteiger partial charge in [-0.25, -0.2) is 0 Å². The van der Waals surface area contributed by atoms with E-state index in [2.05, 4.69) is 13.8 Å². The standard InChI is InChI=1S/C7H14.C4H8/c1-7(2)5-3-4-6-7;1-3-4-2/h3-6H2,1-2H3;3-4H,1-2H3/b;4-3-. The molecule has 1 aliphatic carbocycles. The molecule has 1 aliphatic rings. The van der Waals surface area contributed by atoms with Crippen LogP contribution in [0.4, 0.5) is 0 Å². The fraction of sp³-hybridized carbons (Fsp3) is 0.818. The van der Waals surface area contributed by atoms with Crippen molar-refractivity contribution in [1.29, 1.82) is 0 Å². The molecule has 0 heterocycles. The Morgan fingerprint density at radius 2 is 1.27 bits per heavy atom. The Morgan fingerprint density at radius 3 is 1.36 bits per heavy atom. The third-order valence-electron chi connectivity index (χ3n) is 2.29. The Hall–Kier alpha value is -0.260. The zero-order valence-corrected chi connectivity index (χ0v) is 8.48. The first-order valence-corrected chi connectivity index (χ1v) is 4.70.